The number of nitrogens with zero attached hydrogens (tertiary/aromatic N) is 3. The predicted octanol–water partition coefficient (Wildman–Crippen LogP) is 3.07. The van der Waals surface area contributed by atoms with Crippen LogP contribution in [0.1, 0.15) is 12.5 Å². The highest BCUT2D eigenvalue weighted by Crippen LogP contribution is 2.25. The van der Waals surface area contributed by atoms with Gasteiger partial charge in [-0.1, -0.05) is 11.6 Å². The second-order valence-corrected chi connectivity index (χ2v) is 3.90. The Morgan fingerprint density at radius 3 is 2.78 bits per heavy atom. The number of aromatic nitrogens is 2. The average molecular weight is 260 g/mol. The van der Waals surface area contributed by atoms with Crippen LogP contribution in [0.15, 0.2) is 30.6 Å². The molecule has 0 aliphatic heterocycles. The van der Waals surface area contributed by atoms with Gasteiger partial charge in [-0.3, -0.25) is 0 Å². The van der Waals surface area contributed by atoms with Gasteiger partial charge < -0.3 is 4.74 Å². The number of nitriles is 1. The minimum absolute atomic E-state index is 0.361. The molecule has 0 radical (unpaired) electrons. The van der Waals surface area contributed by atoms with E-state index in [2.05, 4.69) is 16.0 Å². The van der Waals surface area contributed by atoms with Crippen LogP contribution in [0.5, 0.6) is 5.75 Å². The van der Waals surface area contributed by atoms with Crippen LogP contribution in [0, 0.1) is 11.3 Å². The van der Waals surface area contributed by atoms with Gasteiger partial charge in [0.2, 0.25) is 0 Å². The first-order valence-electron chi connectivity index (χ1n) is 5.39. The maximum atomic E-state index is 8.99. The monoisotopic (exact) mass is 259 g/mol. The van der Waals surface area contributed by atoms with E-state index in [0.29, 0.717) is 28.8 Å². The minimum atomic E-state index is 0.361. The zero-order valence-electron chi connectivity index (χ0n) is 9.72. The number of ether oxygens (including phenoxy) is 1. The summed E-state index contributed by atoms with van der Waals surface area (Å²) in [5.41, 5.74) is 1.96. The van der Waals surface area contributed by atoms with Gasteiger partial charge >= 0.3 is 0 Å². The maximum Gasteiger partial charge on any atom is 0.133 e. The van der Waals surface area contributed by atoms with Crippen molar-refractivity contribution in [1.29, 1.82) is 5.26 Å². The van der Waals surface area contributed by atoms with Crippen LogP contribution in [0.25, 0.3) is 11.3 Å². The summed E-state index contributed by atoms with van der Waals surface area (Å²) in [4.78, 5) is 7.95. The van der Waals surface area contributed by atoms with Gasteiger partial charge in [-0.05, 0) is 25.1 Å². The van der Waals surface area contributed by atoms with E-state index in [1.54, 1.807) is 18.2 Å². The van der Waals surface area contributed by atoms with Crippen LogP contribution in [0.3, 0.4) is 0 Å². The molecule has 1 heterocycles. The van der Waals surface area contributed by atoms with Crippen molar-refractivity contribution in [3.8, 4) is 23.1 Å². The molecule has 0 unspecified atom stereocenters. The number of benzene rings is 1. The van der Waals surface area contributed by atoms with Crippen molar-refractivity contribution in [1.82, 2.24) is 9.97 Å². The second kappa shape index (κ2) is 5.48. The van der Waals surface area contributed by atoms with Crippen molar-refractivity contribution in [3.05, 3.63) is 41.3 Å². The normalized spacial score (nSPS) is 9.83. The van der Waals surface area contributed by atoms with Crippen LogP contribution >= 0.6 is 11.6 Å². The molecule has 2 rings (SSSR count). The van der Waals surface area contributed by atoms with Gasteiger partial charge in [0.1, 0.15) is 17.2 Å². The summed E-state index contributed by atoms with van der Waals surface area (Å²) in [6.07, 6.45) is 1.39. The fourth-order valence-corrected chi connectivity index (χ4v) is 1.70. The van der Waals surface area contributed by atoms with Crippen LogP contribution in [0.2, 0.25) is 5.15 Å². The Bertz CT molecular complexity index is 607. The third-order valence-corrected chi connectivity index (χ3v) is 2.48. The van der Waals surface area contributed by atoms with E-state index in [9.17, 15) is 0 Å². The highest BCUT2D eigenvalue weighted by molar-refractivity contribution is 6.29. The Labute approximate surface area is 110 Å². The Hall–Kier alpha value is -2.12. The zero-order valence-corrected chi connectivity index (χ0v) is 10.5. The molecule has 0 aliphatic rings. The van der Waals surface area contributed by atoms with E-state index in [4.69, 9.17) is 21.6 Å². The smallest absolute Gasteiger partial charge is 0.133 e. The van der Waals surface area contributed by atoms with Crippen LogP contribution in [0.4, 0.5) is 0 Å². The molecule has 18 heavy (non-hydrogen) atoms. The molecule has 0 saturated carbocycles. The molecule has 0 atom stereocenters. The van der Waals surface area contributed by atoms with Gasteiger partial charge in [0.25, 0.3) is 0 Å². The first kappa shape index (κ1) is 12.3. The molecule has 0 aliphatic carbocycles. The minimum Gasteiger partial charge on any atom is -0.494 e. The van der Waals surface area contributed by atoms with Gasteiger partial charge in [0.15, 0.2) is 0 Å². The summed E-state index contributed by atoms with van der Waals surface area (Å²) in [6.45, 7) is 2.43. The lowest BCUT2D eigenvalue weighted by molar-refractivity contribution is 0.340. The standard InChI is InChI=1S/C13H10ClN3O/c1-2-18-11-4-9(7-15)3-10(5-11)12-6-13(14)17-8-16-12/h3-6,8H,2H2,1H3. The molecule has 2 aromatic rings. The van der Waals surface area contributed by atoms with Gasteiger partial charge in [-0.15, -0.1) is 0 Å². The lowest BCUT2D eigenvalue weighted by atomic mass is 10.1. The summed E-state index contributed by atoms with van der Waals surface area (Å²) in [7, 11) is 0. The quantitative estimate of drug-likeness (QED) is 0.795. The molecule has 5 heteroatoms. The average Bonchev–Trinajstić information content (AvgIpc) is 2.39. The fourth-order valence-electron chi connectivity index (χ4n) is 1.55. The molecule has 0 spiro atoms. The lowest BCUT2D eigenvalue weighted by Gasteiger charge is -2.07. The zero-order chi connectivity index (χ0) is 13.0. The molecule has 0 bridgehead atoms. The molecular weight excluding hydrogens is 250 g/mol. The summed E-state index contributed by atoms with van der Waals surface area (Å²) in [5, 5.41) is 9.35. The van der Waals surface area contributed by atoms with Crippen LogP contribution in [-0.4, -0.2) is 16.6 Å². The van der Waals surface area contributed by atoms with E-state index in [1.165, 1.54) is 6.33 Å². The Morgan fingerprint density at radius 1 is 1.28 bits per heavy atom. The molecule has 1 aromatic heterocycles. The summed E-state index contributed by atoms with van der Waals surface area (Å²) < 4.78 is 5.41. The van der Waals surface area contributed by atoms with E-state index < -0.39 is 0 Å². The Morgan fingerprint density at radius 2 is 2.11 bits per heavy atom. The maximum absolute atomic E-state index is 8.99. The fraction of sp³-hybridized carbons (Fsp3) is 0.154. The molecule has 90 valence electrons. The van der Waals surface area contributed by atoms with E-state index in [0.717, 1.165) is 5.56 Å². The highest BCUT2D eigenvalue weighted by atomic mass is 35.5. The highest BCUT2D eigenvalue weighted by Gasteiger charge is 2.06. The lowest BCUT2D eigenvalue weighted by Crippen LogP contribution is -1.94. The molecule has 0 fully saturated rings. The van der Waals surface area contributed by atoms with Crippen molar-refractivity contribution in [2.24, 2.45) is 0 Å². The summed E-state index contributed by atoms with van der Waals surface area (Å²) in [6, 6.07) is 8.99. The van der Waals surface area contributed by atoms with E-state index in [1.807, 2.05) is 13.0 Å². The number of hydrogen-bond donors (Lipinski definition) is 0. The first-order chi connectivity index (χ1) is 8.72. The van der Waals surface area contributed by atoms with Gasteiger partial charge in [-0.2, -0.15) is 5.26 Å². The van der Waals surface area contributed by atoms with Crippen molar-refractivity contribution >= 4 is 11.6 Å². The van der Waals surface area contributed by atoms with Crippen LogP contribution < -0.4 is 4.74 Å². The summed E-state index contributed by atoms with van der Waals surface area (Å²) in [5.74, 6) is 0.640. The van der Waals surface area contributed by atoms with Crippen molar-refractivity contribution in [2.75, 3.05) is 6.61 Å². The van der Waals surface area contributed by atoms with Gasteiger partial charge in [0, 0.05) is 11.6 Å². The van der Waals surface area contributed by atoms with E-state index >= 15 is 0 Å². The Kier molecular flexibility index (Phi) is 3.75. The Balaban J connectivity index is 2.50. The number of hydrogen-bond acceptors (Lipinski definition) is 4. The molecule has 4 nitrogen and oxygen atoms in total. The topological polar surface area (TPSA) is 58.8 Å². The molecule has 0 amide bonds. The summed E-state index contributed by atoms with van der Waals surface area (Å²) >= 11 is 5.82. The molecule has 1 aromatic carbocycles. The predicted molar refractivity (Wildman–Crippen MR) is 68.4 cm³/mol. The van der Waals surface area contributed by atoms with Crippen molar-refractivity contribution < 1.29 is 4.74 Å². The van der Waals surface area contributed by atoms with Crippen LogP contribution in [-0.2, 0) is 0 Å². The number of halogens is 1. The molecule has 0 saturated heterocycles. The molecular formula is C13H10ClN3O. The van der Waals surface area contributed by atoms with Crippen molar-refractivity contribution in [2.45, 2.75) is 6.92 Å². The van der Waals surface area contributed by atoms with E-state index in [-0.39, 0.29) is 0 Å². The third kappa shape index (κ3) is 2.76. The first-order valence-corrected chi connectivity index (χ1v) is 5.76. The largest absolute Gasteiger partial charge is 0.494 e. The number of rotatable bonds is 3. The molecule has 0 N–H and O–H groups in total. The third-order valence-electron chi connectivity index (χ3n) is 2.28. The second-order valence-electron chi connectivity index (χ2n) is 3.52. The van der Waals surface area contributed by atoms with Gasteiger partial charge in [-0.25, -0.2) is 9.97 Å². The van der Waals surface area contributed by atoms with Crippen molar-refractivity contribution in [3.63, 3.8) is 0 Å². The SMILES string of the molecule is CCOc1cc(C#N)cc(-c2cc(Cl)ncn2)c1. The van der Waals surface area contributed by atoms with Gasteiger partial charge in [0.05, 0.1) is 23.9 Å².